The van der Waals surface area contributed by atoms with E-state index in [1.807, 2.05) is 48.0 Å². The number of thioether (sulfide) groups is 1. The lowest BCUT2D eigenvalue weighted by Crippen LogP contribution is -2.13. The summed E-state index contributed by atoms with van der Waals surface area (Å²) < 4.78 is 7.36. The summed E-state index contributed by atoms with van der Waals surface area (Å²) in [5.41, 5.74) is 4.31. The molecule has 0 saturated heterocycles. The van der Waals surface area contributed by atoms with Crippen molar-refractivity contribution < 1.29 is 4.74 Å². The Balaban J connectivity index is 1.72. The zero-order valence-electron chi connectivity index (χ0n) is 14.1. The second-order valence-corrected chi connectivity index (χ2v) is 6.67. The minimum Gasteiger partial charge on any atom is -0.494 e. The molecule has 0 bridgehead atoms. The Bertz CT molecular complexity index is 931. The quantitative estimate of drug-likeness (QED) is 0.713. The van der Waals surface area contributed by atoms with Crippen molar-refractivity contribution in [2.45, 2.75) is 19.0 Å². The van der Waals surface area contributed by atoms with Gasteiger partial charge in [-0.2, -0.15) is 9.78 Å². The highest BCUT2D eigenvalue weighted by atomic mass is 32.2. The van der Waals surface area contributed by atoms with Crippen molar-refractivity contribution in [2.24, 2.45) is 5.10 Å². The van der Waals surface area contributed by atoms with Crippen LogP contribution in [-0.2, 0) is 0 Å². The van der Waals surface area contributed by atoms with Crippen LogP contribution in [0.5, 0.6) is 5.75 Å². The number of rotatable bonds is 4. The molecule has 0 saturated carbocycles. The number of ether oxygens (including phenoxy) is 1. The molecule has 0 fully saturated rings. The van der Waals surface area contributed by atoms with Gasteiger partial charge in [0.1, 0.15) is 5.75 Å². The zero-order chi connectivity index (χ0) is 17.2. The van der Waals surface area contributed by atoms with Crippen LogP contribution in [0.15, 0.2) is 58.8 Å². The molecule has 0 spiro atoms. The average Bonchev–Trinajstić information content (AvgIpc) is 3.06. The first-order valence-corrected chi connectivity index (χ1v) is 9.20. The topological polar surface area (TPSA) is 52.3 Å². The normalized spacial score (nSPS) is 13.3. The van der Waals surface area contributed by atoms with Crippen molar-refractivity contribution in [2.75, 3.05) is 12.4 Å². The van der Waals surface area contributed by atoms with E-state index in [0.717, 1.165) is 44.9 Å². The molecule has 3 aromatic rings. The first-order valence-electron chi connectivity index (χ1n) is 8.21. The van der Waals surface area contributed by atoms with Crippen LogP contribution in [-0.4, -0.2) is 32.9 Å². The number of aryl methyl sites for hydroxylation is 1. The highest BCUT2D eigenvalue weighted by molar-refractivity contribution is 7.99. The third kappa shape index (κ3) is 3.05. The lowest BCUT2D eigenvalue weighted by molar-refractivity contribution is 0.340. The van der Waals surface area contributed by atoms with E-state index in [4.69, 9.17) is 9.84 Å². The Morgan fingerprint density at radius 1 is 1.08 bits per heavy atom. The Labute approximate surface area is 150 Å². The van der Waals surface area contributed by atoms with Crippen molar-refractivity contribution in [3.8, 4) is 17.1 Å². The van der Waals surface area contributed by atoms with Gasteiger partial charge in [-0.25, -0.2) is 0 Å². The van der Waals surface area contributed by atoms with Crippen LogP contribution in [0, 0.1) is 6.92 Å². The highest BCUT2D eigenvalue weighted by Gasteiger charge is 2.21. The molecule has 1 aromatic heterocycles. The molecule has 6 heteroatoms. The van der Waals surface area contributed by atoms with Crippen molar-refractivity contribution in [1.82, 2.24) is 14.9 Å². The third-order valence-corrected chi connectivity index (χ3v) is 4.99. The summed E-state index contributed by atoms with van der Waals surface area (Å²) in [5, 5.41) is 14.3. The minimum absolute atomic E-state index is 0.667. The van der Waals surface area contributed by atoms with Gasteiger partial charge in [0, 0.05) is 11.3 Å². The molecular formula is C19H18N4OS. The molecule has 0 unspecified atom stereocenters. The fourth-order valence-corrected chi connectivity index (χ4v) is 3.61. The summed E-state index contributed by atoms with van der Waals surface area (Å²) in [6.45, 7) is 4.72. The molecule has 1 aliphatic rings. The van der Waals surface area contributed by atoms with E-state index in [0.29, 0.717) is 6.61 Å². The summed E-state index contributed by atoms with van der Waals surface area (Å²) in [6, 6.07) is 16.2. The Hall–Kier alpha value is -2.60. The maximum absolute atomic E-state index is 5.51. The summed E-state index contributed by atoms with van der Waals surface area (Å²) in [4.78, 5) is 0. The van der Waals surface area contributed by atoms with E-state index < -0.39 is 0 Å². The van der Waals surface area contributed by atoms with Gasteiger partial charge >= 0.3 is 0 Å². The molecule has 5 nitrogen and oxygen atoms in total. The number of aromatic nitrogens is 3. The molecule has 2 aromatic carbocycles. The molecule has 2 heterocycles. The molecule has 25 heavy (non-hydrogen) atoms. The van der Waals surface area contributed by atoms with Crippen LogP contribution in [0.25, 0.3) is 11.4 Å². The molecule has 4 rings (SSSR count). The van der Waals surface area contributed by atoms with Gasteiger partial charge in [-0.15, -0.1) is 10.2 Å². The number of hydrogen-bond acceptors (Lipinski definition) is 5. The lowest BCUT2D eigenvalue weighted by Gasteiger charge is -2.15. The van der Waals surface area contributed by atoms with E-state index in [9.17, 15) is 0 Å². The number of fused-ring (bicyclic) bond motifs is 1. The summed E-state index contributed by atoms with van der Waals surface area (Å²) in [6.07, 6.45) is 0. The van der Waals surface area contributed by atoms with Crippen molar-refractivity contribution in [1.29, 1.82) is 0 Å². The molecule has 0 atom stereocenters. The maximum Gasteiger partial charge on any atom is 0.212 e. The van der Waals surface area contributed by atoms with E-state index in [1.54, 1.807) is 11.8 Å². The van der Waals surface area contributed by atoms with Gasteiger partial charge in [0.2, 0.25) is 5.16 Å². The van der Waals surface area contributed by atoms with E-state index in [-0.39, 0.29) is 0 Å². The van der Waals surface area contributed by atoms with Crippen LogP contribution in [0.3, 0.4) is 0 Å². The van der Waals surface area contributed by atoms with Crippen LogP contribution >= 0.6 is 11.8 Å². The van der Waals surface area contributed by atoms with Gasteiger partial charge in [-0.05, 0) is 49.2 Å². The average molecular weight is 350 g/mol. The summed E-state index contributed by atoms with van der Waals surface area (Å²) in [7, 11) is 0. The minimum atomic E-state index is 0.667. The zero-order valence-corrected chi connectivity index (χ0v) is 15.0. The summed E-state index contributed by atoms with van der Waals surface area (Å²) in [5.74, 6) is 2.43. The number of nitrogens with zero attached hydrogens (tertiary/aromatic N) is 4. The second kappa shape index (κ2) is 6.72. The monoisotopic (exact) mass is 350 g/mol. The second-order valence-electron chi connectivity index (χ2n) is 5.73. The molecule has 126 valence electrons. The smallest absolute Gasteiger partial charge is 0.212 e. The van der Waals surface area contributed by atoms with E-state index in [2.05, 4.69) is 29.3 Å². The molecule has 1 aliphatic heterocycles. The summed E-state index contributed by atoms with van der Waals surface area (Å²) >= 11 is 1.65. The van der Waals surface area contributed by atoms with Gasteiger partial charge in [-0.3, -0.25) is 0 Å². The van der Waals surface area contributed by atoms with Crippen LogP contribution in [0.1, 0.15) is 18.1 Å². The van der Waals surface area contributed by atoms with E-state index >= 15 is 0 Å². The van der Waals surface area contributed by atoms with Crippen molar-refractivity contribution >= 4 is 17.5 Å². The number of hydrogen-bond donors (Lipinski definition) is 0. The molecule has 0 radical (unpaired) electrons. The fourth-order valence-electron chi connectivity index (χ4n) is 2.77. The van der Waals surface area contributed by atoms with Crippen LogP contribution in [0.2, 0.25) is 0 Å². The van der Waals surface area contributed by atoms with Crippen LogP contribution in [0.4, 0.5) is 0 Å². The predicted molar refractivity (Wildman–Crippen MR) is 100 cm³/mol. The highest BCUT2D eigenvalue weighted by Crippen LogP contribution is 2.30. The van der Waals surface area contributed by atoms with Crippen molar-refractivity contribution in [3.63, 3.8) is 0 Å². The Kier molecular flexibility index (Phi) is 4.28. The van der Waals surface area contributed by atoms with Gasteiger partial charge < -0.3 is 4.74 Å². The lowest BCUT2D eigenvalue weighted by atomic mass is 10.1. The van der Waals surface area contributed by atoms with Gasteiger partial charge in [0.25, 0.3) is 0 Å². The maximum atomic E-state index is 5.51. The molecule has 0 amide bonds. The Morgan fingerprint density at radius 2 is 1.88 bits per heavy atom. The molecule has 0 N–H and O–H groups in total. The van der Waals surface area contributed by atoms with Crippen LogP contribution < -0.4 is 4.74 Å². The molecular weight excluding hydrogens is 332 g/mol. The van der Waals surface area contributed by atoms with Gasteiger partial charge in [0.15, 0.2) is 5.82 Å². The largest absolute Gasteiger partial charge is 0.494 e. The van der Waals surface area contributed by atoms with Gasteiger partial charge in [0.05, 0.1) is 12.3 Å². The predicted octanol–water partition coefficient (Wildman–Crippen LogP) is 4.01. The van der Waals surface area contributed by atoms with E-state index in [1.165, 1.54) is 0 Å². The standard InChI is InChI=1S/C19H18N4OS/c1-3-24-15-10-8-14(9-11-15)17-12-25-19-21-20-18(23(19)22-17)16-7-5-4-6-13(16)2/h4-11H,3,12H2,1-2H3. The first kappa shape index (κ1) is 15.9. The Morgan fingerprint density at radius 3 is 2.64 bits per heavy atom. The van der Waals surface area contributed by atoms with Crippen molar-refractivity contribution in [3.05, 3.63) is 59.7 Å². The SMILES string of the molecule is CCOc1ccc(C2=Nn3c(nnc3-c3ccccc3C)SC2)cc1. The molecule has 0 aliphatic carbocycles. The third-order valence-electron chi connectivity index (χ3n) is 4.06. The number of benzene rings is 2. The fraction of sp³-hybridized carbons (Fsp3) is 0.211. The first-order chi connectivity index (χ1) is 12.3. The van der Waals surface area contributed by atoms with Gasteiger partial charge in [-0.1, -0.05) is 36.0 Å².